The van der Waals surface area contributed by atoms with E-state index in [2.05, 4.69) is 15.5 Å². The summed E-state index contributed by atoms with van der Waals surface area (Å²) < 4.78 is 5.08. The summed E-state index contributed by atoms with van der Waals surface area (Å²) in [6.45, 7) is 1.79. The van der Waals surface area contributed by atoms with Crippen molar-refractivity contribution in [3.8, 4) is 5.75 Å². The number of aliphatic carboxylic acids is 1. The third-order valence-corrected chi connectivity index (χ3v) is 4.01. The Morgan fingerprint density at radius 3 is 2.68 bits per heavy atom. The largest absolute Gasteiger partial charge is 0.497 e. The van der Waals surface area contributed by atoms with Crippen molar-refractivity contribution in [3.63, 3.8) is 0 Å². The van der Waals surface area contributed by atoms with Gasteiger partial charge < -0.3 is 15.2 Å². The number of benzene rings is 1. The zero-order valence-corrected chi connectivity index (χ0v) is 12.9. The van der Waals surface area contributed by atoms with Crippen molar-refractivity contribution in [2.75, 3.05) is 7.11 Å². The van der Waals surface area contributed by atoms with Crippen LogP contribution in [0.25, 0.3) is 0 Å². The number of carbonyl (C=O) groups is 2. The third kappa shape index (κ3) is 4.08. The van der Waals surface area contributed by atoms with Gasteiger partial charge >= 0.3 is 5.97 Å². The molecule has 0 aromatic heterocycles. The van der Waals surface area contributed by atoms with Gasteiger partial charge in [-0.25, -0.2) is 0 Å². The Labute approximate surface area is 131 Å². The van der Waals surface area contributed by atoms with Gasteiger partial charge in [0.25, 0.3) is 0 Å². The molecule has 1 heterocycles. The quantitative estimate of drug-likeness (QED) is 0.632. The first-order chi connectivity index (χ1) is 10.5. The molecule has 0 spiro atoms. The Bertz CT molecular complexity index is 640. The lowest BCUT2D eigenvalue weighted by Crippen LogP contribution is -2.26. The van der Waals surface area contributed by atoms with Gasteiger partial charge in [0.15, 0.2) is 5.17 Å². The molecular formula is C14H15N3O4S. The molecule has 116 valence electrons. The molecule has 1 aromatic carbocycles. The standard InChI is InChI=1S/C14H15N3O4S/c1-8(9-3-5-10(21-2)6-4-9)16-17-14-15-13(20)11(22-14)7-12(18)19/h3-6,11H,7H2,1-2H3,(H,18,19)(H,15,17,20)/b16-8-. The Morgan fingerprint density at radius 1 is 1.41 bits per heavy atom. The van der Waals surface area contributed by atoms with E-state index in [9.17, 15) is 9.59 Å². The summed E-state index contributed by atoms with van der Waals surface area (Å²) in [4.78, 5) is 22.2. The predicted molar refractivity (Wildman–Crippen MR) is 84.4 cm³/mol. The van der Waals surface area contributed by atoms with Crippen LogP contribution in [0.4, 0.5) is 0 Å². The second-order valence-corrected chi connectivity index (χ2v) is 5.70. The fourth-order valence-electron chi connectivity index (χ4n) is 1.76. The van der Waals surface area contributed by atoms with Crippen LogP contribution in [-0.4, -0.2) is 40.2 Å². The van der Waals surface area contributed by atoms with Crippen LogP contribution >= 0.6 is 11.8 Å². The van der Waals surface area contributed by atoms with Gasteiger partial charge in [0.05, 0.1) is 19.2 Å². The highest BCUT2D eigenvalue weighted by molar-refractivity contribution is 8.15. The Hall–Kier alpha value is -2.35. The molecule has 1 amide bonds. The first-order valence-corrected chi connectivity index (χ1v) is 7.33. The van der Waals surface area contributed by atoms with E-state index in [-0.39, 0.29) is 12.3 Å². The van der Waals surface area contributed by atoms with Gasteiger partial charge in [-0.3, -0.25) is 9.59 Å². The minimum Gasteiger partial charge on any atom is -0.497 e. The molecule has 1 aliphatic rings. The first kappa shape index (κ1) is 16.0. The van der Waals surface area contributed by atoms with E-state index in [1.807, 2.05) is 24.3 Å². The molecule has 2 rings (SSSR count). The predicted octanol–water partition coefficient (Wildman–Crippen LogP) is 1.48. The van der Waals surface area contributed by atoms with E-state index in [1.54, 1.807) is 14.0 Å². The summed E-state index contributed by atoms with van der Waals surface area (Å²) in [5, 5.41) is 18.9. The summed E-state index contributed by atoms with van der Waals surface area (Å²) in [6, 6.07) is 7.34. The van der Waals surface area contributed by atoms with Crippen LogP contribution in [0, 0.1) is 0 Å². The molecule has 0 saturated carbocycles. The van der Waals surface area contributed by atoms with Gasteiger partial charge in [-0.2, -0.15) is 5.10 Å². The molecule has 1 atom stereocenters. The molecule has 1 aromatic rings. The topological polar surface area (TPSA) is 100 Å². The van der Waals surface area contributed by atoms with Gasteiger partial charge in [-0.1, -0.05) is 11.8 Å². The number of thioether (sulfide) groups is 1. The van der Waals surface area contributed by atoms with Crippen LogP contribution in [0.3, 0.4) is 0 Å². The average Bonchev–Trinajstić information content (AvgIpc) is 2.84. The van der Waals surface area contributed by atoms with E-state index < -0.39 is 11.2 Å². The van der Waals surface area contributed by atoms with Crippen molar-refractivity contribution >= 4 is 34.5 Å². The highest BCUT2D eigenvalue weighted by Crippen LogP contribution is 2.22. The number of ether oxygens (including phenoxy) is 1. The maximum absolute atomic E-state index is 11.6. The van der Waals surface area contributed by atoms with E-state index in [0.29, 0.717) is 10.9 Å². The summed E-state index contributed by atoms with van der Waals surface area (Å²) in [5.41, 5.74) is 1.55. The van der Waals surface area contributed by atoms with Crippen molar-refractivity contribution in [2.24, 2.45) is 10.2 Å². The zero-order valence-electron chi connectivity index (χ0n) is 12.1. The summed E-state index contributed by atoms with van der Waals surface area (Å²) in [7, 11) is 1.59. The second kappa shape index (κ2) is 7.08. The SMILES string of the molecule is COc1ccc(/C(C)=N\N=C2\NC(=O)C(CC(=O)O)S2)cc1. The lowest BCUT2D eigenvalue weighted by atomic mass is 10.1. The van der Waals surface area contributed by atoms with E-state index in [0.717, 1.165) is 23.1 Å². The number of hydrogen-bond acceptors (Lipinski definition) is 6. The summed E-state index contributed by atoms with van der Waals surface area (Å²) >= 11 is 1.07. The maximum Gasteiger partial charge on any atom is 0.305 e. The van der Waals surface area contributed by atoms with E-state index >= 15 is 0 Å². The maximum atomic E-state index is 11.6. The van der Waals surface area contributed by atoms with Crippen molar-refractivity contribution in [1.29, 1.82) is 0 Å². The summed E-state index contributed by atoms with van der Waals surface area (Å²) in [5.74, 6) is -0.631. The second-order valence-electron chi connectivity index (χ2n) is 4.51. The molecule has 8 heteroatoms. The smallest absolute Gasteiger partial charge is 0.305 e. The lowest BCUT2D eigenvalue weighted by molar-refractivity contribution is -0.138. The Balaban J connectivity index is 2.06. The van der Waals surface area contributed by atoms with Crippen LogP contribution in [0.15, 0.2) is 34.5 Å². The fraction of sp³-hybridized carbons (Fsp3) is 0.286. The number of rotatable bonds is 5. The normalized spacial score (nSPS) is 20.1. The zero-order chi connectivity index (χ0) is 16.1. The van der Waals surface area contributed by atoms with E-state index in [4.69, 9.17) is 9.84 Å². The van der Waals surface area contributed by atoms with Gasteiger partial charge in [0.1, 0.15) is 11.0 Å². The number of methoxy groups -OCH3 is 1. The van der Waals surface area contributed by atoms with Gasteiger partial charge in [0.2, 0.25) is 5.91 Å². The molecule has 1 fully saturated rings. The van der Waals surface area contributed by atoms with Crippen LogP contribution in [0.5, 0.6) is 5.75 Å². The molecule has 1 aliphatic heterocycles. The monoisotopic (exact) mass is 321 g/mol. The minimum atomic E-state index is -1.02. The Morgan fingerprint density at radius 2 is 2.09 bits per heavy atom. The molecule has 22 heavy (non-hydrogen) atoms. The lowest BCUT2D eigenvalue weighted by Gasteiger charge is -2.01. The van der Waals surface area contributed by atoms with Crippen molar-refractivity contribution in [1.82, 2.24) is 5.32 Å². The number of carboxylic acid groups (broad SMARTS) is 1. The minimum absolute atomic E-state index is 0.239. The van der Waals surface area contributed by atoms with Crippen molar-refractivity contribution < 1.29 is 19.4 Å². The number of carbonyl (C=O) groups excluding carboxylic acids is 1. The van der Waals surface area contributed by atoms with Gasteiger partial charge in [-0.05, 0) is 36.8 Å². The molecule has 0 radical (unpaired) electrons. The number of amides is 1. The number of hydrogen-bond donors (Lipinski definition) is 2. The average molecular weight is 321 g/mol. The molecule has 0 bridgehead atoms. The molecule has 2 N–H and O–H groups in total. The number of nitrogens with one attached hydrogen (secondary N) is 1. The number of carboxylic acids is 1. The van der Waals surface area contributed by atoms with E-state index in [1.165, 1.54) is 0 Å². The van der Waals surface area contributed by atoms with Crippen LogP contribution in [0.1, 0.15) is 18.9 Å². The Kier molecular flexibility index (Phi) is 5.16. The van der Waals surface area contributed by atoms with Crippen molar-refractivity contribution in [2.45, 2.75) is 18.6 Å². The number of nitrogens with zero attached hydrogens (tertiary/aromatic N) is 2. The first-order valence-electron chi connectivity index (χ1n) is 6.45. The van der Waals surface area contributed by atoms with Crippen LogP contribution in [-0.2, 0) is 9.59 Å². The van der Waals surface area contributed by atoms with Gasteiger partial charge in [0, 0.05) is 0 Å². The fourth-order valence-corrected chi connectivity index (χ4v) is 2.66. The molecule has 1 unspecified atom stereocenters. The van der Waals surface area contributed by atoms with Gasteiger partial charge in [-0.15, -0.1) is 5.10 Å². The van der Waals surface area contributed by atoms with Crippen molar-refractivity contribution in [3.05, 3.63) is 29.8 Å². The summed E-state index contributed by atoms with van der Waals surface area (Å²) in [6.07, 6.45) is -0.239. The van der Waals surface area contributed by atoms with Crippen LogP contribution in [0.2, 0.25) is 0 Å². The van der Waals surface area contributed by atoms with Crippen LogP contribution < -0.4 is 10.1 Å². The molecular weight excluding hydrogens is 306 g/mol. The molecule has 0 aliphatic carbocycles. The highest BCUT2D eigenvalue weighted by atomic mass is 32.2. The number of amidine groups is 1. The third-order valence-electron chi connectivity index (χ3n) is 2.94. The molecule has 7 nitrogen and oxygen atoms in total. The molecule has 1 saturated heterocycles. The highest BCUT2D eigenvalue weighted by Gasteiger charge is 2.32.